The molecule has 0 unspecified atom stereocenters. The van der Waals surface area contributed by atoms with Crippen LogP contribution in [-0.4, -0.2) is 25.5 Å². The van der Waals surface area contributed by atoms with Gasteiger partial charge in [0, 0.05) is 13.7 Å². The first-order valence-corrected chi connectivity index (χ1v) is 4.77. The summed E-state index contributed by atoms with van der Waals surface area (Å²) in [7, 11) is 1.64. The number of aliphatic hydroxyl groups is 1. The lowest BCUT2D eigenvalue weighted by Crippen LogP contribution is -2.19. The second-order valence-electron chi connectivity index (χ2n) is 3.15. The minimum absolute atomic E-state index is 0.388. The van der Waals surface area contributed by atoms with Crippen LogP contribution in [0.4, 0.5) is 0 Å². The van der Waals surface area contributed by atoms with E-state index in [-0.39, 0.29) is 6.10 Å². The van der Waals surface area contributed by atoms with Crippen LogP contribution >= 0.6 is 0 Å². The van der Waals surface area contributed by atoms with Gasteiger partial charge in [-0.15, -0.1) is 0 Å². The summed E-state index contributed by atoms with van der Waals surface area (Å²) in [6, 6.07) is 9.67. The van der Waals surface area contributed by atoms with Crippen LogP contribution in [0.3, 0.4) is 0 Å². The first-order valence-electron chi connectivity index (χ1n) is 4.77. The van der Waals surface area contributed by atoms with E-state index < -0.39 is 0 Å². The summed E-state index contributed by atoms with van der Waals surface area (Å²) in [5.41, 5.74) is 0.965. The Morgan fingerprint density at radius 2 is 2.07 bits per heavy atom. The quantitative estimate of drug-likeness (QED) is 0.531. The van der Waals surface area contributed by atoms with Gasteiger partial charge in [-0.05, 0) is 12.0 Å². The summed E-state index contributed by atoms with van der Waals surface area (Å²) in [6.07, 6.45) is 0.313. The highest BCUT2D eigenvalue weighted by atomic mass is 16.5. The summed E-state index contributed by atoms with van der Waals surface area (Å²) in [5.74, 6) is 0. The minimum atomic E-state index is -0.388. The van der Waals surface area contributed by atoms with Gasteiger partial charge in [-0.2, -0.15) is 0 Å². The van der Waals surface area contributed by atoms with Crippen LogP contribution in [0.5, 0.6) is 0 Å². The number of hydrogen-bond donors (Lipinski definition) is 2. The maximum atomic E-state index is 9.74. The Morgan fingerprint density at radius 1 is 1.36 bits per heavy atom. The molecule has 0 aliphatic rings. The van der Waals surface area contributed by atoms with Crippen molar-refractivity contribution in [2.24, 2.45) is 0 Å². The molecular weight excluding hydrogens is 178 g/mol. The lowest BCUT2D eigenvalue weighted by molar-refractivity contribution is 0.146. The number of aliphatic hydroxyl groups excluding tert-OH is 1. The number of methoxy groups -OCH3 is 1. The molecule has 0 aliphatic heterocycles. The van der Waals surface area contributed by atoms with Crippen LogP contribution < -0.4 is 5.32 Å². The van der Waals surface area contributed by atoms with Crippen molar-refractivity contribution in [1.29, 1.82) is 0 Å². The molecule has 2 N–H and O–H groups in total. The number of hydrogen-bond acceptors (Lipinski definition) is 3. The highest BCUT2D eigenvalue weighted by molar-refractivity contribution is 5.17. The molecule has 0 heterocycles. The van der Waals surface area contributed by atoms with Gasteiger partial charge in [0.25, 0.3) is 0 Å². The maximum absolute atomic E-state index is 9.74. The van der Waals surface area contributed by atoms with Gasteiger partial charge >= 0.3 is 0 Å². The Labute approximate surface area is 84.7 Å². The molecule has 1 aromatic carbocycles. The van der Waals surface area contributed by atoms with Crippen molar-refractivity contribution in [2.45, 2.75) is 12.5 Å². The smallest absolute Gasteiger partial charge is 0.0961 e. The van der Waals surface area contributed by atoms with Crippen molar-refractivity contribution in [3.8, 4) is 0 Å². The third kappa shape index (κ3) is 3.87. The summed E-state index contributed by atoms with van der Waals surface area (Å²) in [6.45, 7) is 1.28. The van der Waals surface area contributed by atoms with Gasteiger partial charge in [0.2, 0.25) is 0 Å². The fourth-order valence-electron chi connectivity index (χ4n) is 1.25. The third-order valence-electron chi connectivity index (χ3n) is 2.03. The third-order valence-corrected chi connectivity index (χ3v) is 2.03. The van der Waals surface area contributed by atoms with E-state index in [4.69, 9.17) is 4.74 Å². The molecule has 78 valence electrons. The Balaban J connectivity index is 2.25. The highest BCUT2D eigenvalue weighted by Gasteiger charge is 2.04. The van der Waals surface area contributed by atoms with E-state index in [1.807, 2.05) is 30.3 Å². The second-order valence-corrected chi connectivity index (χ2v) is 3.15. The predicted octanol–water partition coefficient (Wildman–Crippen LogP) is 1.30. The SMILES string of the molecule is COCNCC[C@@H](O)c1ccccc1. The number of rotatable bonds is 6. The van der Waals surface area contributed by atoms with Gasteiger partial charge in [0.05, 0.1) is 12.8 Å². The first kappa shape index (κ1) is 11.2. The zero-order valence-electron chi connectivity index (χ0n) is 8.44. The predicted molar refractivity (Wildman–Crippen MR) is 55.9 cm³/mol. The van der Waals surface area contributed by atoms with Crippen molar-refractivity contribution in [3.63, 3.8) is 0 Å². The number of ether oxygens (including phenoxy) is 1. The average molecular weight is 195 g/mol. The molecule has 0 saturated heterocycles. The van der Waals surface area contributed by atoms with Crippen LogP contribution in [0.25, 0.3) is 0 Å². The first-order chi connectivity index (χ1) is 6.84. The Hall–Kier alpha value is -0.900. The summed E-state index contributed by atoms with van der Waals surface area (Å²) in [4.78, 5) is 0. The lowest BCUT2D eigenvalue weighted by atomic mass is 10.1. The highest BCUT2D eigenvalue weighted by Crippen LogP contribution is 2.14. The van der Waals surface area contributed by atoms with E-state index in [1.165, 1.54) is 0 Å². The Kier molecular flexibility index (Phi) is 5.22. The van der Waals surface area contributed by atoms with Gasteiger partial charge in [-0.1, -0.05) is 30.3 Å². The van der Waals surface area contributed by atoms with Crippen molar-refractivity contribution in [2.75, 3.05) is 20.4 Å². The monoisotopic (exact) mass is 195 g/mol. The Bertz CT molecular complexity index is 238. The lowest BCUT2D eigenvalue weighted by Gasteiger charge is -2.10. The van der Waals surface area contributed by atoms with Crippen molar-refractivity contribution in [1.82, 2.24) is 5.32 Å². The molecule has 14 heavy (non-hydrogen) atoms. The van der Waals surface area contributed by atoms with Crippen molar-refractivity contribution in [3.05, 3.63) is 35.9 Å². The number of benzene rings is 1. The van der Waals surface area contributed by atoms with Gasteiger partial charge < -0.3 is 9.84 Å². The van der Waals surface area contributed by atoms with Gasteiger partial charge in [0.1, 0.15) is 0 Å². The van der Waals surface area contributed by atoms with Crippen molar-refractivity contribution < 1.29 is 9.84 Å². The molecular formula is C11H17NO2. The van der Waals surface area contributed by atoms with E-state index in [1.54, 1.807) is 7.11 Å². The molecule has 0 radical (unpaired) electrons. The summed E-state index contributed by atoms with van der Waals surface area (Å²) < 4.78 is 4.84. The van der Waals surface area contributed by atoms with Gasteiger partial charge in [0.15, 0.2) is 0 Å². The molecule has 0 bridgehead atoms. The minimum Gasteiger partial charge on any atom is -0.388 e. The topological polar surface area (TPSA) is 41.5 Å². The summed E-state index contributed by atoms with van der Waals surface area (Å²) in [5, 5.41) is 12.8. The molecule has 3 heteroatoms. The zero-order valence-corrected chi connectivity index (χ0v) is 8.44. The van der Waals surface area contributed by atoms with E-state index in [9.17, 15) is 5.11 Å². The largest absolute Gasteiger partial charge is 0.388 e. The summed E-state index contributed by atoms with van der Waals surface area (Å²) >= 11 is 0. The van der Waals surface area contributed by atoms with E-state index in [2.05, 4.69) is 5.32 Å². The molecule has 0 saturated carbocycles. The van der Waals surface area contributed by atoms with Gasteiger partial charge in [-0.3, -0.25) is 5.32 Å². The maximum Gasteiger partial charge on any atom is 0.0961 e. The van der Waals surface area contributed by atoms with E-state index in [0.717, 1.165) is 12.1 Å². The normalized spacial score (nSPS) is 12.7. The van der Waals surface area contributed by atoms with Crippen LogP contribution in [-0.2, 0) is 4.74 Å². The molecule has 1 aromatic rings. The van der Waals surface area contributed by atoms with Crippen molar-refractivity contribution >= 4 is 0 Å². The molecule has 1 rings (SSSR count). The average Bonchev–Trinajstić information content (AvgIpc) is 2.25. The second kappa shape index (κ2) is 6.54. The molecule has 0 aliphatic carbocycles. The molecule has 0 fully saturated rings. The van der Waals surface area contributed by atoms with Crippen LogP contribution in [0.2, 0.25) is 0 Å². The molecule has 0 spiro atoms. The Morgan fingerprint density at radius 3 is 2.71 bits per heavy atom. The standard InChI is InChI=1S/C11H17NO2/c1-14-9-12-8-7-11(13)10-5-3-2-4-6-10/h2-6,11-13H,7-9H2,1H3/t11-/m1/s1. The zero-order chi connectivity index (χ0) is 10.2. The fourth-order valence-corrected chi connectivity index (χ4v) is 1.25. The number of nitrogens with one attached hydrogen (secondary N) is 1. The molecule has 0 aromatic heterocycles. The molecule has 3 nitrogen and oxygen atoms in total. The van der Waals surface area contributed by atoms with E-state index in [0.29, 0.717) is 13.2 Å². The molecule has 1 atom stereocenters. The van der Waals surface area contributed by atoms with E-state index >= 15 is 0 Å². The van der Waals surface area contributed by atoms with Gasteiger partial charge in [-0.25, -0.2) is 0 Å². The van der Waals surface area contributed by atoms with Crippen LogP contribution in [0.15, 0.2) is 30.3 Å². The molecule has 0 amide bonds. The van der Waals surface area contributed by atoms with Crippen LogP contribution in [0.1, 0.15) is 18.1 Å². The van der Waals surface area contributed by atoms with Crippen LogP contribution in [0, 0.1) is 0 Å². The fraction of sp³-hybridized carbons (Fsp3) is 0.455.